The number of hydrogen-bond donors (Lipinski definition) is 1. The lowest BCUT2D eigenvalue weighted by Gasteiger charge is -2.13. The molecule has 0 aliphatic carbocycles. The molecule has 0 aliphatic rings. The Morgan fingerprint density at radius 1 is 0.962 bits per heavy atom. The van der Waals surface area contributed by atoms with Gasteiger partial charge in [-0.3, -0.25) is 4.79 Å². The van der Waals surface area contributed by atoms with Gasteiger partial charge in [-0.1, -0.05) is 18.2 Å². The smallest absolute Gasteiger partial charge is 0.257 e. The van der Waals surface area contributed by atoms with E-state index >= 15 is 0 Å². The highest BCUT2D eigenvalue weighted by Crippen LogP contribution is 2.28. The van der Waals surface area contributed by atoms with Crippen molar-refractivity contribution in [2.75, 3.05) is 26.4 Å². The molecule has 0 fully saturated rings. The van der Waals surface area contributed by atoms with E-state index < -0.39 is 0 Å². The van der Waals surface area contributed by atoms with Crippen LogP contribution in [0.1, 0.15) is 19.4 Å². The summed E-state index contributed by atoms with van der Waals surface area (Å²) in [7, 11) is 0. The Morgan fingerprint density at radius 3 is 2.42 bits per heavy atom. The Bertz CT molecular complexity index is 721. The Morgan fingerprint density at radius 2 is 1.69 bits per heavy atom. The van der Waals surface area contributed by atoms with Gasteiger partial charge in [0.05, 0.1) is 17.7 Å². The lowest BCUT2D eigenvalue weighted by Crippen LogP contribution is -2.30. The van der Waals surface area contributed by atoms with Crippen LogP contribution < -0.4 is 19.5 Å². The van der Waals surface area contributed by atoms with Crippen LogP contribution in [0.2, 0.25) is 0 Å². The van der Waals surface area contributed by atoms with Crippen LogP contribution in [0.3, 0.4) is 0 Å². The Labute approximate surface area is 162 Å². The van der Waals surface area contributed by atoms with Crippen molar-refractivity contribution in [1.29, 1.82) is 0 Å². The molecular weight excluding hydrogens is 398 g/mol. The maximum Gasteiger partial charge on any atom is 0.257 e. The molecule has 2 rings (SSSR count). The molecule has 0 aromatic heterocycles. The molecule has 0 aliphatic heterocycles. The van der Waals surface area contributed by atoms with E-state index in [4.69, 9.17) is 14.2 Å². The number of carbonyl (C=O) groups is 1. The number of benzene rings is 2. The SMILES string of the molecule is CCOc1ccc(CCNC(=O)COc2ccccc2Br)cc1OCC. The van der Waals surface area contributed by atoms with E-state index in [0.717, 1.165) is 21.5 Å². The first-order valence-electron chi connectivity index (χ1n) is 8.66. The summed E-state index contributed by atoms with van der Waals surface area (Å²) >= 11 is 3.39. The topological polar surface area (TPSA) is 56.8 Å². The predicted octanol–water partition coefficient (Wildman–Crippen LogP) is 3.98. The van der Waals surface area contributed by atoms with E-state index in [-0.39, 0.29) is 12.5 Å². The molecule has 2 aromatic carbocycles. The van der Waals surface area contributed by atoms with E-state index in [1.54, 1.807) is 0 Å². The van der Waals surface area contributed by atoms with Gasteiger partial charge < -0.3 is 19.5 Å². The average Bonchev–Trinajstić information content (AvgIpc) is 2.63. The first-order chi connectivity index (χ1) is 12.6. The first kappa shape index (κ1) is 20.1. The minimum atomic E-state index is -0.156. The van der Waals surface area contributed by atoms with Crippen molar-refractivity contribution in [2.45, 2.75) is 20.3 Å². The van der Waals surface area contributed by atoms with E-state index in [1.165, 1.54) is 0 Å². The fourth-order valence-corrected chi connectivity index (χ4v) is 2.75. The Kier molecular flexibility index (Phi) is 8.28. The average molecular weight is 422 g/mol. The molecule has 0 heterocycles. The monoisotopic (exact) mass is 421 g/mol. The number of amides is 1. The van der Waals surface area contributed by atoms with Gasteiger partial charge in [-0.2, -0.15) is 0 Å². The number of rotatable bonds is 10. The van der Waals surface area contributed by atoms with E-state index in [1.807, 2.05) is 56.3 Å². The highest BCUT2D eigenvalue weighted by atomic mass is 79.9. The van der Waals surface area contributed by atoms with Gasteiger partial charge in [0, 0.05) is 6.54 Å². The zero-order valence-corrected chi connectivity index (χ0v) is 16.7. The third-order valence-electron chi connectivity index (χ3n) is 3.54. The summed E-state index contributed by atoms with van der Waals surface area (Å²) in [6, 6.07) is 13.3. The standard InChI is InChI=1S/C20H24BrNO4/c1-3-24-18-10-9-15(13-19(18)25-4-2)11-12-22-20(23)14-26-17-8-6-5-7-16(17)21/h5-10,13H,3-4,11-12,14H2,1-2H3,(H,22,23). The van der Waals surface area contributed by atoms with E-state index in [9.17, 15) is 4.79 Å². The number of ether oxygens (including phenoxy) is 3. The molecular formula is C20H24BrNO4. The summed E-state index contributed by atoms with van der Waals surface area (Å²) < 4.78 is 17.5. The van der Waals surface area contributed by atoms with E-state index in [0.29, 0.717) is 31.9 Å². The third-order valence-corrected chi connectivity index (χ3v) is 4.19. The van der Waals surface area contributed by atoms with Crippen molar-refractivity contribution >= 4 is 21.8 Å². The molecule has 0 bridgehead atoms. The maximum absolute atomic E-state index is 11.9. The van der Waals surface area contributed by atoms with Crippen LogP contribution >= 0.6 is 15.9 Å². The van der Waals surface area contributed by atoms with Gasteiger partial charge in [0.2, 0.25) is 0 Å². The van der Waals surface area contributed by atoms with Crippen LogP contribution in [0, 0.1) is 0 Å². The highest BCUT2D eigenvalue weighted by molar-refractivity contribution is 9.10. The molecule has 0 saturated heterocycles. The number of para-hydroxylation sites is 1. The zero-order valence-electron chi connectivity index (χ0n) is 15.1. The Hall–Kier alpha value is -2.21. The molecule has 5 nitrogen and oxygen atoms in total. The van der Waals surface area contributed by atoms with Gasteiger partial charge in [-0.05, 0) is 66.0 Å². The molecule has 1 N–H and O–H groups in total. The lowest BCUT2D eigenvalue weighted by atomic mass is 10.1. The number of hydrogen-bond acceptors (Lipinski definition) is 4. The van der Waals surface area contributed by atoms with Gasteiger partial charge in [0.15, 0.2) is 18.1 Å². The van der Waals surface area contributed by atoms with Gasteiger partial charge in [0.25, 0.3) is 5.91 Å². The summed E-state index contributed by atoms with van der Waals surface area (Å²) in [5, 5.41) is 2.86. The van der Waals surface area contributed by atoms with Crippen LogP contribution in [0.4, 0.5) is 0 Å². The normalized spacial score (nSPS) is 10.3. The highest BCUT2D eigenvalue weighted by Gasteiger charge is 2.08. The number of carbonyl (C=O) groups excluding carboxylic acids is 1. The quantitative estimate of drug-likeness (QED) is 0.629. The summed E-state index contributed by atoms with van der Waals surface area (Å²) in [5.41, 5.74) is 1.07. The second-order valence-electron chi connectivity index (χ2n) is 5.47. The molecule has 26 heavy (non-hydrogen) atoms. The minimum absolute atomic E-state index is 0.0178. The van der Waals surface area contributed by atoms with Crippen LogP contribution in [-0.4, -0.2) is 32.3 Å². The molecule has 0 unspecified atom stereocenters. The van der Waals surface area contributed by atoms with Crippen LogP contribution in [0.5, 0.6) is 17.2 Å². The lowest BCUT2D eigenvalue weighted by molar-refractivity contribution is -0.123. The third kappa shape index (κ3) is 6.26. The molecule has 6 heteroatoms. The predicted molar refractivity (Wildman–Crippen MR) is 105 cm³/mol. The summed E-state index contributed by atoms with van der Waals surface area (Å²) in [4.78, 5) is 11.9. The van der Waals surface area contributed by atoms with Gasteiger partial charge >= 0.3 is 0 Å². The van der Waals surface area contributed by atoms with Crippen molar-refractivity contribution in [1.82, 2.24) is 5.32 Å². The maximum atomic E-state index is 11.9. The van der Waals surface area contributed by atoms with E-state index in [2.05, 4.69) is 21.2 Å². The second kappa shape index (κ2) is 10.7. The minimum Gasteiger partial charge on any atom is -0.490 e. The fourth-order valence-electron chi connectivity index (χ4n) is 2.35. The van der Waals surface area contributed by atoms with Crippen molar-refractivity contribution in [3.05, 3.63) is 52.5 Å². The van der Waals surface area contributed by atoms with Crippen LogP contribution in [-0.2, 0) is 11.2 Å². The fraction of sp³-hybridized carbons (Fsp3) is 0.350. The van der Waals surface area contributed by atoms with Crippen LogP contribution in [0.25, 0.3) is 0 Å². The molecule has 1 amide bonds. The molecule has 0 saturated carbocycles. The summed E-state index contributed by atoms with van der Waals surface area (Å²) in [6.07, 6.45) is 0.702. The van der Waals surface area contributed by atoms with Crippen LogP contribution in [0.15, 0.2) is 46.9 Å². The summed E-state index contributed by atoms with van der Waals surface area (Å²) in [6.45, 7) is 5.55. The van der Waals surface area contributed by atoms with Crippen molar-refractivity contribution in [2.24, 2.45) is 0 Å². The first-order valence-corrected chi connectivity index (χ1v) is 9.45. The summed E-state index contributed by atoms with van der Waals surface area (Å²) in [5.74, 6) is 1.96. The van der Waals surface area contributed by atoms with Gasteiger partial charge in [0.1, 0.15) is 5.75 Å². The van der Waals surface area contributed by atoms with Crippen molar-refractivity contribution < 1.29 is 19.0 Å². The molecule has 140 valence electrons. The molecule has 0 atom stereocenters. The number of nitrogens with one attached hydrogen (secondary N) is 1. The largest absolute Gasteiger partial charge is 0.490 e. The molecule has 0 spiro atoms. The van der Waals surface area contributed by atoms with Crippen molar-refractivity contribution in [3.8, 4) is 17.2 Å². The van der Waals surface area contributed by atoms with Gasteiger partial charge in [-0.15, -0.1) is 0 Å². The van der Waals surface area contributed by atoms with Gasteiger partial charge in [-0.25, -0.2) is 0 Å². The second-order valence-corrected chi connectivity index (χ2v) is 6.32. The molecule has 2 aromatic rings. The zero-order chi connectivity index (χ0) is 18.8. The molecule has 0 radical (unpaired) electrons. The Balaban J connectivity index is 1.80. The van der Waals surface area contributed by atoms with Crippen molar-refractivity contribution in [3.63, 3.8) is 0 Å². The number of halogens is 1.